The topological polar surface area (TPSA) is 61.4 Å². The molecule has 0 spiro atoms. The number of carbonyl (C=O) groups is 1. The van der Waals surface area contributed by atoms with Crippen molar-refractivity contribution in [3.8, 4) is 0 Å². The number of carboxylic acids is 1. The Labute approximate surface area is 113 Å². The lowest BCUT2D eigenvalue weighted by atomic mass is 9.84. The van der Waals surface area contributed by atoms with Crippen molar-refractivity contribution in [2.75, 3.05) is 20.1 Å². The monoisotopic (exact) mass is 268 g/mol. The van der Waals surface area contributed by atoms with Crippen molar-refractivity contribution in [2.45, 2.75) is 25.3 Å². The number of carboxylic acid groups (broad SMARTS) is 1. The molecule has 0 radical (unpaired) electrons. The molecular formula is C14H21FN2O2. The zero-order valence-electron chi connectivity index (χ0n) is 11.5. The lowest BCUT2D eigenvalue weighted by Gasteiger charge is -2.27. The van der Waals surface area contributed by atoms with Crippen LogP contribution in [0.3, 0.4) is 0 Å². The van der Waals surface area contributed by atoms with E-state index >= 15 is 0 Å². The summed E-state index contributed by atoms with van der Waals surface area (Å²) in [6.07, 6.45) is 0. The van der Waals surface area contributed by atoms with Crippen molar-refractivity contribution in [1.82, 2.24) is 10.6 Å². The van der Waals surface area contributed by atoms with Gasteiger partial charge in [0, 0.05) is 18.5 Å². The van der Waals surface area contributed by atoms with Crippen LogP contribution in [0.4, 0.5) is 4.39 Å². The Morgan fingerprint density at radius 1 is 1.42 bits per heavy atom. The van der Waals surface area contributed by atoms with Gasteiger partial charge in [-0.15, -0.1) is 0 Å². The zero-order valence-corrected chi connectivity index (χ0v) is 11.5. The van der Waals surface area contributed by atoms with Gasteiger partial charge < -0.3 is 15.7 Å². The van der Waals surface area contributed by atoms with E-state index < -0.39 is 17.4 Å². The standard InChI is InChI=1S/C14H21FN2O2/c1-14(2,10-6-4-5-7-11(10)15)9-17-8-12(16-3)13(18)19/h4-7,12,16-17H,8-9H2,1-3H3,(H,18,19). The maximum absolute atomic E-state index is 13.7. The molecule has 0 aromatic heterocycles. The number of aliphatic carboxylic acids is 1. The fourth-order valence-corrected chi connectivity index (χ4v) is 1.95. The SMILES string of the molecule is CNC(CNCC(C)(C)c1ccccc1F)C(=O)O. The Morgan fingerprint density at radius 2 is 2.05 bits per heavy atom. The van der Waals surface area contributed by atoms with Crippen molar-refractivity contribution in [2.24, 2.45) is 0 Å². The van der Waals surface area contributed by atoms with E-state index in [9.17, 15) is 9.18 Å². The Bertz CT molecular complexity index is 435. The van der Waals surface area contributed by atoms with Crippen LogP contribution in [-0.4, -0.2) is 37.3 Å². The summed E-state index contributed by atoms with van der Waals surface area (Å²) in [7, 11) is 1.60. The maximum Gasteiger partial charge on any atom is 0.322 e. The molecule has 106 valence electrons. The normalized spacial score (nSPS) is 13.3. The summed E-state index contributed by atoms with van der Waals surface area (Å²) in [5.74, 6) is -1.14. The smallest absolute Gasteiger partial charge is 0.322 e. The molecule has 0 aliphatic rings. The number of rotatable bonds is 7. The Kier molecular flexibility index (Phi) is 5.44. The first kappa shape index (κ1) is 15.6. The second kappa shape index (κ2) is 6.63. The van der Waals surface area contributed by atoms with Gasteiger partial charge in [-0.1, -0.05) is 32.0 Å². The summed E-state index contributed by atoms with van der Waals surface area (Å²) in [4.78, 5) is 10.8. The third kappa shape index (κ3) is 4.29. The van der Waals surface area contributed by atoms with Gasteiger partial charge in [-0.05, 0) is 18.7 Å². The molecule has 0 aliphatic heterocycles. The largest absolute Gasteiger partial charge is 0.480 e. The summed E-state index contributed by atoms with van der Waals surface area (Å²) in [5, 5.41) is 14.7. The molecule has 5 heteroatoms. The molecule has 0 saturated carbocycles. The predicted octanol–water partition coefficient (Wildman–Crippen LogP) is 1.37. The highest BCUT2D eigenvalue weighted by molar-refractivity contribution is 5.73. The van der Waals surface area contributed by atoms with Crippen LogP contribution >= 0.6 is 0 Å². The number of benzene rings is 1. The fourth-order valence-electron chi connectivity index (χ4n) is 1.95. The molecule has 0 amide bonds. The molecule has 0 fully saturated rings. The summed E-state index contributed by atoms with van der Waals surface area (Å²) in [6, 6.07) is 6.00. The van der Waals surface area contributed by atoms with E-state index in [1.807, 2.05) is 13.8 Å². The molecule has 1 aromatic carbocycles. The van der Waals surface area contributed by atoms with Crippen LogP contribution < -0.4 is 10.6 Å². The molecule has 4 nitrogen and oxygen atoms in total. The second-order valence-corrected chi connectivity index (χ2v) is 5.17. The fraction of sp³-hybridized carbons (Fsp3) is 0.500. The average Bonchev–Trinajstić information content (AvgIpc) is 2.34. The number of likely N-dealkylation sites (N-methyl/N-ethyl adjacent to an activating group) is 1. The first-order valence-electron chi connectivity index (χ1n) is 6.24. The minimum absolute atomic E-state index is 0.238. The van der Waals surface area contributed by atoms with Crippen LogP contribution in [0.15, 0.2) is 24.3 Å². The van der Waals surface area contributed by atoms with E-state index in [2.05, 4.69) is 10.6 Å². The molecule has 0 bridgehead atoms. The van der Waals surface area contributed by atoms with Crippen molar-refractivity contribution in [3.05, 3.63) is 35.6 Å². The molecule has 3 N–H and O–H groups in total. The van der Waals surface area contributed by atoms with E-state index in [1.165, 1.54) is 6.07 Å². The molecule has 1 unspecified atom stereocenters. The van der Waals surface area contributed by atoms with Crippen LogP contribution in [-0.2, 0) is 10.2 Å². The van der Waals surface area contributed by atoms with Crippen LogP contribution in [0.25, 0.3) is 0 Å². The second-order valence-electron chi connectivity index (χ2n) is 5.17. The van der Waals surface area contributed by atoms with Gasteiger partial charge in [-0.3, -0.25) is 4.79 Å². The van der Waals surface area contributed by atoms with E-state index in [0.717, 1.165) is 0 Å². The predicted molar refractivity (Wildman–Crippen MR) is 72.8 cm³/mol. The van der Waals surface area contributed by atoms with Crippen LogP contribution in [0, 0.1) is 5.82 Å². The summed E-state index contributed by atoms with van der Waals surface area (Å²) in [6.45, 7) is 4.64. The highest BCUT2D eigenvalue weighted by Crippen LogP contribution is 2.24. The summed E-state index contributed by atoms with van der Waals surface area (Å²) >= 11 is 0. The van der Waals surface area contributed by atoms with Crippen LogP contribution in [0.5, 0.6) is 0 Å². The van der Waals surface area contributed by atoms with Gasteiger partial charge in [-0.2, -0.15) is 0 Å². The van der Waals surface area contributed by atoms with Gasteiger partial charge in [0.2, 0.25) is 0 Å². The molecule has 19 heavy (non-hydrogen) atoms. The van der Waals surface area contributed by atoms with Gasteiger partial charge in [-0.25, -0.2) is 4.39 Å². The van der Waals surface area contributed by atoms with Crippen molar-refractivity contribution in [1.29, 1.82) is 0 Å². The van der Waals surface area contributed by atoms with E-state index in [-0.39, 0.29) is 5.82 Å². The Morgan fingerprint density at radius 3 is 2.58 bits per heavy atom. The van der Waals surface area contributed by atoms with Gasteiger partial charge in [0.15, 0.2) is 0 Å². The highest BCUT2D eigenvalue weighted by Gasteiger charge is 2.24. The lowest BCUT2D eigenvalue weighted by Crippen LogP contribution is -2.45. The average molecular weight is 268 g/mol. The van der Waals surface area contributed by atoms with Crippen LogP contribution in [0.2, 0.25) is 0 Å². The van der Waals surface area contributed by atoms with E-state index in [1.54, 1.807) is 25.2 Å². The first-order chi connectivity index (χ1) is 8.88. The first-order valence-corrected chi connectivity index (χ1v) is 6.24. The molecular weight excluding hydrogens is 247 g/mol. The maximum atomic E-state index is 13.7. The molecule has 0 aliphatic carbocycles. The van der Waals surface area contributed by atoms with Crippen molar-refractivity contribution in [3.63, 3.8) is 0 Å². The van der Waals surface area contributed by atoms with Gasteiger partial charge in [0.25, 0.3) is 0 Å². The number of hydrogen-bond donors (Lipinski definition) is 3. The highest BCUT2D eigenvalue weighted by atomic mass is 19.1. The van der Waals surface area contributed by atoms with E-state index in [4.69, 9.17) is 5.11 Å². The van der Waals surface area contributed by atoms with Crippen LogP contribution in [0.1, 0.15) is 19.4 Å². The molecule has 0 heterocycles. The lowest BCUT2D eigenvalue weighted by molar-refractivity contribution is -0.139. The minimum Gasteiger partial charge on any atom is -0.480 e. The minimum atomic E-state index is -0.904. The van der Waals surface area contributed by atoms with Crippen molar-refractivity contribution < 1.29 is 14.3 Å². The quantitative estimate of drug-likeness (QED) is 0.699. The Hall–Kier alpha value is -1.46. The molecule has 1 rings (SSSR count). The molecule has 1 atom stereocenters. The molecule has 0 saturated heterocycles. The number of hydrogen-bond acceptors (Lipinski definition) is 3. The van der Waals surface area contributed by atoms with Gasteiger partial charge in [0.05, 0.1) is 0 Å². The number of nitrogens with one attached hydrogen (secondary N) is 2. The third-order valence-electron chi connectivity index (χ3n) is 3.16. The molecule has 1 aromatic rings. The Balaban J connectivity index is 2.61. The number of halogens is 1. The van der Waals surface area contributed by atoms with Crippen molar-refractivity contribution >= 4 is 5.97 Å². The van der Waals surface area contributed by atoms with E-state index in [0.29, 0.717) is 18.7 Å². The summed E-state index contributed by atoms with van der Waals surface area (Å²) < 4.78 is 13.7. The van der Waals surface area contributed by atoms with Gasteiger partial charge >= 0.3 is 5.97 Å². The third-order valence-corrected chi connectivity index (χ3v) is 3.16. The van der Waals surface area contributed by atoms with Gasteiger partial charge in [0.1, 0.15) is 11.9 Å². The zero-order chi connectivity index (χ0) is 14.5. The summed E-state index contributed by atoms with van der Waals surface area (Å²) in [5.41, 5.74) is 0.223.